The Morgan fingerprint density at radius 3 is 2.34 bits per heavy atom. The number of nitrogens with one attached hydrogen (secondary N) is 2. The van der Waals surface area contributed by atoms with Gasteiger partial charge in [-0.05, 0) is 35.9 Å². The lowest BCUT2D eigenvalue weighted by molar-refractivity contribution is 0.102. The van der Waals surface area contributed by atoms with Gasteiger partial charge in [-0.2, -0.15) is 0 Å². The van der Waals surface area contributed by atoms with Crippen LogP contribution in [0, 0.1) is 0 Å². The van der Waals surface area contributed by atoms with Gasteiger partial charge in [0.15, 0.2) is 0 Å². The van der Waals surface area contributed by atoms with Crippen LogP contribution in [-0.4, -0.2) is 48.0 Å². The summed E-state index contributed by atoms with van der Waals surface area (Å²) in [5, 5.41) is 5.73. The molecule has 4 rings (SSSR count). The highest BCUT2D eigenvalue weighted by Gasteiger charge is 2.21. The monoisotopic (exact) mass is 430 g/mol. The van der Waals surface area contributed by atoms with E-state index in [0.717, 1.165) is 18.7 Å². The Labute approximate surface area is 187 Å². The summed E-state index contributed by atoms with van der Waals surface area (Å²) in [7, 11) is 0. The van der Waals surface area contributed by atoms with Crippen LogP contribution in [0.5, 0.6) is 0 Å². The number of aromatic nitrogens is 1. The van der Waals surface area contributed by atoms with E-state index in [1.54, 1.807) is 24.4 Å². The summed E-state index contributed by atoms with van der Waals surface area (Å²) in [4.78, 5) is 33.0. The van der Waals surface area contributed by atoms with Gasteiger partial charge < -0.3 is 26.2 Å². The molecule has 1 aromatic heterocycles. The molecular weight excluding hydrogens is 404 g/mol. The molecule has 1 aliphatic heterocycles. The second kappa shape index (κ2) is 9.82. The minimum Gasteiger partial charge on any atom is -0.396 e. The molecule has 0 saturated carbocycles. The van der Waals surface area contributed by atoms with Gasteiger partial charge in [0.05, 0.1) is 17.6 Å². The van der Waals surface area contributed by atoms with E-state index in [9.17, 15) is 9.59 Å². The van der Waals surface area contributed by atoms with Crippen LogP contribution in [-0.2, 0) is 6.54 Å². The predicted octanol–water partition coefficient (Wildman–Crippen LogP) is 2.95. The molecule has 8 heteroatoms. The molecule has 0 radical (unpaired) electrons. The summed E-state index contributed by atoms with van der Waals surface area (Å²) in [6, 6.07) is 18.9. The first-order valence-corrected chi connectivity index (χ1v) is 10.5. The third-order valence-electron chi connectivity index (χ3n) is 5.45. The summed E-state index contributed by atoms with van der Waals surface area (Å²) in [5.74, 6) is -0.255. The molecule has 164 valence electrons. The summed E-state index contributed by atoms with van der Waals surface area (Å²) >= 11 is 0. The summed E-state index contributed by atoms with van der Waals surface area (Å²) in [6.45, 7) is 3.37. The average molecular weight is 431 g/mol. The maximum absolute atomic E-state index is 12.5. The molecule has 3 aromatic rings. The third kappa shape index (κ3) is 5.15. The molecule has 32 heavy (non-hydrogen) atoms. The SMILES string of the molecule is Nc1cnccc1NC(=O)c1ccc(CNC(=O)N2CCN(c3ccccc3)CC2)cc1. The molecule has 1 aliphatic rings. The molecule has 1 saturated heterocycles. The first-order valence-electron chi connectivity index (χ1n) is 10.5. The first kappa shape index (κ1) is 21.2. The highest BCUT2D eigenvalue weighted by Crippen LogP contribution is 2.17. The third-order valence-corrected chi connectivity index (χ3v) is 5.45. The number of hydrogen-bond donors (Lipinski definition) is 3. The van der Waals surface area contributed by atoms with Crippen LogP contribution in [0.4, 0.5) is 21.9 Å². The maximum atomic E-state index is 12.5. The van der Waals surface area contributed by atoms with Crippen LogP contribution >= 0.6 is 0 Å². The van der Waals surface area contributed by atoms with Crippen molar-refractivity contribution in [3.05, 3.63) is 84.2 Å². The van der Waals surface area contributed by atoms with Crippen molar-refractivity contribution in [2.45, 2.75) is 6.54 Å². The number of anilines is 3. The predicted molar refractivity (Wildman–Crippen MR) is 126 cm³/mol. The summed E-state index contributed by atoms with van der Waals surface area (Å²) < 4.78 is 0. The number of nitrogens with two attached hydrogens (primary N) is 1. The number of urea groups is 1. The fourth-order valence-electron chi connectivity index (χ4n) is 3.58. The fraction of sp³-hybridized carbons (Fsp3) is 0.208. The van der Waals surface area contributed by atoms with Crippen molar-refractivity contribution >= 4 is 29.0 Å². The van der Waals surface area contributed by atoms with Crippen molar-refractivity contribution in [2.24, 2.45) is 0 Å². The quantitative estimate of drug-likeness (QED) is 0.577. The Balaban J connectivity index is 1.25. The number of carbonyl (C=O) groups is 2. The van der Waals surface area contributed by atoms with Crippen LogP contribution in [0.15, 0.2) is 73.1 Å². The lowest BCUT2D eigenvalue weighted by atomic mass is 10.1. The largest absolute Gasteiger partial charge is 0.396 e. The summed E-state index contributed by atoms with van der Waals surface area (Å²) in [5.41, 5.74) is 9.35. The van der Waals surface area contributed by atoms with E-state index < -0.39 is 0 Å². The number of piperazine rings is 1. The van der Waals surface area contributed by atoms with Crippen LogP contribution < -0.4 is 21.3 Å². The molecule has 2 aromatic carbocycles. The molecule has 1 fully saturated rings. The lowest BCUT2D eigenvalue weighted by Crippen LogP contribution is -2.51. The number of carbonyl (C=O) groups excluding carboxylic acids is 2. The second-order valence-electron chi connectivity index (χ2n) is 7.58. The number of rotatable bonds is 5. The van der Waals surface area contributed by atoms with E-state index in [1.807, 2.05) is 35.2 Å². The van der Waals surface area contributed by atoms with E-state index in [0.29, 0.717) is 36.6 Å². The molecule has 0 bridgehead atoms. The van der Waals surface area contributed by atoms with Crippen molar-refractivity contribution in [1.29, 1.82) is 0 Å². The Morgan fingerprint density at radius 2 is 1.66 bits per heavy atom. The highest BCUT2D eigenvalue weighted by molar-refractivity contribution is 6.05. The molecule has 0 spiro atoms. The molecule has 0 aliphatic carbocycles. The van der Waals surface area contributed by atoms with Crippen molar-refractivity contribution in [1.82, 2.24) is 15.2 Å². The number of nitrogens with zero attached hydrogens (tertiary/aromatic N) is 3. The van der Waals surface area contributed by atoms with Gasteiger partial charge in [0.1, 0.15) is 0 Å². The van der Waals surface area contributed by atoms with Crippen molar-refractivity contribution in [3.8, 4) is 0 Å². The van der Waals surface area contributed by atoms with E-state index in [2.05, 4.69) is 32.7 Å². The van der Waals surface area contributed by atoms with Gasteiger partial charge in [-0.15, -0.1) is 0 Å². The molecular formula is C24H26N6O2. The molecule has 4 N–H and O–H groups in total. The van der Waals surface area contributed by atoms with E-state index in [-0.39, 0.29) is 11.9 Å². The van der Waals surface area contributed by atoms with Gasteiger partial charge in [0, 0.05) is 50.2 Å². The zero-order chi connectivity index (χ0) is 22.3. The normalized spacial score (nSPS) is 13.5. The molecule has 8 nitrogen and oxygen atoms in total. The summed E-state index contributed by atoms with van der Waals surface area (Å²) in [6.07, 6.45) is 3.06. The van der Waals surface area contributed by atoms with Gasteiger partial charge in [0.2, 0.25) is 0 Å². The van der Waals surface area contributed by atoms with Gasteiger partial charge in [-0.25, -0.2) is 4.79 Å². The van der Waals surface area contributed by atoms with E-state index in [1.165, 1.54) is 11.9 Å². The molecule has 3 amide bonds. The molecule has 0 atom stereocenters. The lowest BCUT2D eigenvalue weighted by Gasteiger charge is -2.36. The van der Waals surface area contributed by atoms with Crippen LogP contribution in [0.1, 0.15) is 15.9 Å². The smallest absolute Gasteiger partial charge is 0.317 e. The minimum atomic E-state index is -0.255. The number of para-hydroxylation sites is 1. The second-order valence-corrected chi connectivity index (χ2v) is 7.58. The topological polar surface area (TPSA) is 104 Å². The molecule has 2 heterocycles. The van der Waals surface area contributed by atoms with Crippen LogP contribution in [0.25, 0.3) is 0 Å². The van der Waals surface area contributed by atoms with Crippen LogP contribution in [0.2, 0.25) is 0 Å². The maximum Gasteiger partial charge on any atom is 0.317 e. The Kier molecular flexibility index (Phi) is 6.50. The number of pyridine rings is 1. The number of hydrogen-bond acceptors (Lipinski definition) is 5. The zero-order valence-corrected chi connectivity index (χ0v) is 17.7. The Morgan fingerprint density at radius 1 is 0.938 bits per heavy atom. The Bertz CT molecular complexity index is 1060. The highest BCUT2D eigenvalue weighted by atomic mass is 16.2. The first-order chi connectivity index (χ1) is 15.6. The minimum absolute atomic E-state index is 0.0762. The van der Waals surface area contributed by atoms with Crippen molar-refractivity contribution in [3.63, 3.8) is 0 Å². The average Bonchev–Trinajstić information content (AvgIpc) is 2.85. The van der Waals surface area contributed by atoms with Crippen molar-refractivity contribution in [2.75, 3.05) is 42.1 Å². The Hall–Kier alpha value is -4.07. The molecule has 0 unspecified atom stereocenters. The van der Waals surface area contributed by atoms with Gasteiger partial charge in [0.25, 0.3) is 5.91 Å². The standard InChI is InChI=1S/C24H26N6O2/c25-21-17-26-11-10-22(21)28-23(31)19-8-6-18(7-9-19)16-27-24(32)30-14-12-29(13-15-30)20-4-2-1-3-5-20/h1-11,17H,12-16,25H2,(H,27,32)(H,26,28,31). The van der Waals surface area contributed by atoms with Gasteiger partial charge in [-0.3, -0.25) is 9.78 Å². The number of amides is 3. The number of benzene rings is 2. The van der Waals surface area contributed by atoms with Gasteiger partial charge in [-0.1, -0.05) is 30.3 Å². The van der Waals surface area contributed by atoms with Gasteiger partial charge >= 0.3 is 6.03 Å². The fourth-order valence-corrected chi connectivity index (χ4v) is 3.58. The van der Waals surface area contributed by atoms with E-state index in [4.69, 9.17) is 5.73 Å². The van der Waals surface area contributed by atoms with Crippen LogP contribution in [0.3, 0.4) is 0 Å². The van der Waals surface area contributed by atoms with E-state index >= 15 is 0 Å². The van der Waals surface area contributed by atoms with Crippen molar-refractivity contribution < 1.29 is 9.59 Å². The zero-order valence-electron chi connectivity index (χ0n) is 17.7. The number of nitrogen functional groups attached to an aromatic ring is 1.